The van der Waals surface area contributed by atoms with Crippen LogP contribution in [0.2, 0.25) is 0 Å². The monoisotopic (exact) mass is 508 g/mol. The molecule has 2 heterocycles. The lowest BCUT2D eigenvalue weighted by Crippen LogP contribution is -2.15. The van der Waals surface area contributed by atoms with Crippen molar-refractivity contribution in [2.24, 2.45) is 5.92 Å². The summed E-state index contributed by atoms with van der Waals surface area (Å²) in [4.78, 5) is 3.06. The van der Waals surface area contributed by atoms with Gasteiger partial charge < -0.3 is 10.6 Å². The smallest absolute Gasteiger partial charge is 0.266 e. The van der Waals surface area contributed by atoms with Crippen molar-refractivity contribution in [2.45, 2.75) is 37.0 Å². The molecule has 6 nitrogen and oxygen atoms in total. The zero-order chi connectivity index (χ0) is 20.9. The average molecular weight is 509 g/mol. The zero-order valence-electron chi connectivity index (χ0n) is 15.7. The fraction of sp³-hybridized carbons (Fsp3) is 0.500. The highest BCUT2D eigenvalue weighted by molar-refractivity contribution is 9.10. The van der Waals surface area contributed by atoms with Crippen LogP contribution in [0.4, 0.5) is 19.6 Å². The molecule has 0 unspecified atom stereocenters. The van der Waals surface area contributed by atoms with Crippen LogP contribution in [0, 0.1) is 16.9 Å². The molecule has 1 saturated heterocycles. The van der Waals surface area contributed by atoms with Crippen LogP contribution in [0.1, 0.15) is 32.1 Å². The zero-order valence-corrected chi connectivity index (χ0v) is 18.9. The molecule has 3 rings (SSSR count). The molecule has 0 radical (unpaired) electrons. The molecular formula is C18H23BrF2N4O2S2. The van der Waals surface area contributed by atoms with Gasteiger partial charge >= 0.3 is 0 Å². The molecule has 29 heavy (non-hydrogen) atoms. The maximum absolute atomic E-state index is 14.5. The molecule has 2 aromatic rings. The molecule has 11 heteroatoms. The van der Waals surface area contributed by atoms with Crippen molar-refractivity contribution in [1.82, 2.24) is 10.3 Å². The number of halogens is 3. The third kappa shape index (κ3) is 6.34. The van der Waals surface area contributed by atoms with Crippen LogP contribution >= 0.6 is 27.3 Å². The molecular weight excluding hydrogens is 486 g/mol. The number of rotatable bonds is 10. The molecule has 160 valence electrons. The highest BCUT2D eigenvalue weighted by Crippen LogP contribution is 2.30. The van der Waals surface area contributed by atoms with Gasteiger partial charge in [-0.2, -0.15) is 4.39 Å². The Hall–Kier alpha value is -1.30. The first kappa shape index (κ1) is 22.4. The van der Waals surface area contributed by atoms with E-state index in [0.717, 1.165) is 44.1 Å². The lowest BCUT2D eigenvalue weighted by molar-refractivity contribution is 0.493. The Labute approximate surface area is 181 Å². The van der Waals surface area contributed by atoms with E-state index < -0.39 is 25.9 Å². The predicted octanol–water partition coefficient (Wildman–Crippen LogP) is 4.57. The molecule has 1 aliphatic rings. The first-order valence-electron chi connectivity index (χ1n) is 9.43. The molecule has 1 aliphatic heterocycles. The Kier molecular flexibility index (Phi) is 7.83. The van der Waals surface area contributed by atoms with Gasteiger partial charge in [-0.1, -0.05) is 24.2 Å². The van der Waals surface area contributed by atoms with Crippen molar-refractivity contribution in [3.05, 3.63) is 33.8 Å². The summed E-state index contributed by atoms with van der Waals surface area (Å²) in [5.41, 5.74) is 0.488. The molecule has 1 aromatic carbocycles. The number of hydrogen-bond acceptors (Lipinski definition) is 6. The van der Waals surface area contributed by atoms with E-state index in [0.29, 0.717) is 28.0 Å². The minimum Gasteiger partial charge on any atom is -0.384 e. The molecule has 0 saturated carbocycles. The molecule has 0 bridgehead atoms. The van der Waals surface area contributed by atoms with E-state index in [-0.39, 0.29) is 5.13 Å². The maximum atomic E-state index is 14.5. The number of aromatic nitrogens is 1. The van der Waals surface area contributed by atoms with Crippen LogP contribution < -0.4 is 15.4 Å². The molecule has 0 aliphatic carbocycles. The van der Waals surface area contributed by atoms with Gasteiger partial charge in [-0.15, -0.1) is 0 Å². The second-order valence-electron chi connectivity index (χ2n) is 6.97. The standard InChI is InChI=1S/C18H23BrF2N4O2S2/c19-13-8-16(29(26,27)25-18-24-11-17(21)28-18)14(20)9-15(13)23-6-3-1-2-4-12-5-7-22-10-12/h8-9,11-12,22-23H,1-7,10H2,(H,24,25)/t12-/m1/s1. The van der Waals surface area contributed by atoms with Gasteiger partial charge in [0.05, 0.1) is 11.9 Å². The summed E-state index contributed by atoms with van der Waals surface area (Å²) in [6, 6.07) is 2.34. The second-order valence-corrected chi connectivity index (χ2v) is 10.5. The van der Waals surface area contributed by atoms with E-state index in [1.165, 1.54) is 25.3 Å². The van der Waals surface area contributed by atoms with Crippen LogP contribution in [0.3, 0.4) is 0 Å². The molecule has 1 aromatic heterocycles. The number of anilines is 2. The Morgan fingerprint density at radius 1 is 1.28 bits per heavy atom. The summed E-state index contributed by atoms with van der Waals surface area (Å²) in [7, 11) is -4.22. The van der Waals surface area contributed by atoms with E-state index in [1.54, 1.807) is 0 Å². The van der Waals surface area contributed by atoms with E-state index in [2.05, 4.69) is 36.3 Å². The van der Waals surface area contributed by atoms with Crippen molar-refractivity contribution in [1.29, 1.82) is 0 Å². The largest absolute Gasteiger partial charge is 0.384 e. The number of unbranched alkanes of at least 4 members (excludes halogenated alkanes) is 2. The molecule has 1 atom stereocenters. The molecule has 0 spiro atoms. The summed E-state index contributed by atoms with van der Waals surface area (Å²) in [5, 5.41) is 5.71. The Balaban J connectivity index is 1.53. The fourth-order valence-electron chi connectivity index (χ4n) is 3.26. The number of sulfonamides is 1. The SMILES string of the molecule is O=S(=O)(Nc1ncc(F)s1)c1cc(Br)c(NCCCCC[C@@H]2CCNC2)cc1F. The highest BCUT2D eigenvalue weighted by atomic mass is 79.9. The van der Waals surface area contributed by atoms with E-state index in [4.69, 9.17) is 0 Å². The summed E-state index contributed by atoms with van der Waals surface area (Å²) in [5.74, 6) is -0.107. The van der Waals surface area contributed by atoms with Crippen molar-refractivity contribution in [2.75, 3.05) is 29.7 Å². The van der Waals surface area contributed by atoms with Gasteiger partial charge in [-0.3, -0.25) is 4.72 Å². The van der Waals surface area contributed by atoms with Crippen molar-refractivity contribution in [3.8, 4) is 0 Å². The van der Waals surface area contributed by atoms with Crippen LogP contribution in [-0.2, 0) is 10.0 Å². The van der Waals surface area contributed by atoms with Crippen LogP contribution in [0.15, 0.2) is 27.7 Å². The molecule has 0 amide bonds. The summed E-state index contributed by atoms with van der Waals surface area (Å²) >= 11 is 3.82. The van der Waals surface area contributed by atoms with E-state index in [9.17, 15) is 17.2 Å². The first-order chi connectivity index (χ1) is 13.8. The van der Waals surface area contributed by atoms with Gasteiger partial charge in [0.25, 0.3) is 10.0 Å². The Morgan fingerprint density at radius 3 is 2.79 bits per heavy atom. The van der Waals surface area contributed by atoms with Crippen molar-refractivity contribution >= 4 is 48.1 Å². The van der Waals surface area contributed by atoms with Crippen LogP contribution in [0.5, 0.6) is 0 Å². The quantitative estimate of drug-likeness (QED) is 0.409. The lowest BCUT2D eigenvalue weighted by atomic mass is 10.0. The Morgan fingerprint density at radius 2 is 2.10 bits per heavy atom. The number of nitrogens with zero attached hydrogens (tertiary/aromatic N) is 1. The van der Waals surface area contributed by atoms with Gasteiger partial charge in [0, 0.05) is 11.0 Å². The van der Waals surface area contributed by atoms with Gasteiger partial charge in [0.2, 0.25) is 0 Å². The van der Waals surface area contributed by atoms with Crippen molar-refractivity contribution in [3.63, 3.8) is 0 Å². The van der Waals surface area contributed by atoms with Gasteiger partial charge in [0.15, 0.2) is 10.3 Å². The first-order valence-corrected chi connectivity index (χ1v) is 12.5. The third-order valence-corrected chi connectivity index (χ3v) is 7.62. The number of hydrogen-bond donors (Lipinski definition) is 3. The van der Waals surface area contributed by atoms with E-state index in [1.807, 2.05) is 0 Å². The van der Waals surface area contributed by atoms with Gasteiger partial charge in [0.1, 0.15) is 10.7 Å². The van der Waals surface area contributed by atoms with Crippen LogP contribution in [0.25, 0.3) is 0 Å². The summed E-state index contributed by atoms with van der Waals surface area (Å²) in [6.07, 6.45) is 6.59. The maximum Gasteiger partial charge on any atom is 0.266 e. The fourth-order valence-corrected chi connectivity index (χ4v) is 5.77. The normalized spacial score (nSPS) is 16.9. The number of nitrogens with one attached hydrogen (secondary N) is 3. The molecule has 1 fully saturated rings. The number of thiazole rings is 1. The number of benzene rings is 1. The van der Waals surface area contributed by atoms with Gasteiger partial charge in [-0.05, 0) is 66.3 Å². The molecule has 3 N–H and O–H groups in total. The van der Waals surface area contributed by atoms with E-state index >= 15 is 0 Å². The third-order valence-electron chi connectivity index (χ3n) is 4.78. The average Bonchev–Trinajstić information content (AvgIpc) is 3.31. The second kappa shape index (κ2) is 10.1. The van der Waals surface area contributed by atoms with Crippen molar-refractivity contribution < 1.29 is 17.2 Å². The predicted molar refractivity (Wildman–Crippen MR) is 115 cm³/mol. The minimum absolute atomic E-state index is 0.159. The summed E-state index contributed by atoms with van der Waals surface area (Å²) < 4.78 is 54.7. The summed E-state index contributed by atoms with van der Waals surface area (Å²) in [6.45, 7) is 2.91. The van der Waals surface area contributed by atoms with Gasteiger partial charge in [-0.25, -0.2) is 17.8 Å². The topological polar surface area (TPSA) is 83.1 Å². The Bertz CT molecular complexity index is 934. The van der Waals surface area contributed by atoms with Crippen LogP contribution in [-0.4, -0.2) is 33.0 Å². The lowest BCUT2D eigenvalue weighted by Gasteiger charge is -2.12. The minimum atomic E-state index is -4.22. The highest BCUT2D eigenvalue weighted by Gasteiger charge is 2.23.